The fraction of sp³-hybridized carbons (Fsp3) is 1.00. The van der Waals surface area contributed by atoms with Crippen molar-refractivity contribution in [3.8, 4) is 0 Å². The van der Waals surface area contributed by atoms with Crippen LogP contribution in [0.1, 0.15) is 90.9 Å². The number of likely N-dealkylation sites (N-methyl/N-ethyl adjacent to an activating group) is 1. The highest BCUT2D eigenvalue weighted by molar-refractivity contribution is 7.47. The van der Waals surface area contributed by atoms with E-state index in [4.69, 9.17) is 18.5 Å². The summed E-state index contributed by atoms with van der Waals surface area (Å²) in [6.45, 7) is 6.86. The molecule has 0 rings (SSSR count). The summed E-state index contributed by atoms with van der Waals surface area (Å²) < 4.78 is 34.9. The lowest BCUT2D eigenvalue weighted by molar-refractivity contribution is -0.870. The topological polar surface area (TPSA) is 74.2 Å². The van der Waals surface area contributed by atoms with E-state index in [2.05, 4.69) is 13.8 Å². The van der Waals surface area contributed by atoms with Gasteiger partial charge in [0.25, 0.3) is 0 Å². The van der Waals surface area contributed by atoms with Gasteiger partial charge >= 0.3 is 7.82 Å². The van der Waals surface area contributed by atoms with E-state index in [1.54, 1.807) is 0 Å². The lowest BCUT2D eigenvalue weighted by Gasteiger charge is -2.24. The summed E-state index contributed by atoms with van der Waals surface area (Å²) in [5, 5.41) is 0. The second kappa shape index (κ2) is 20.4. The number of quaternary nitrogens is 1. The summed E-state index contributed by atoms with van der Waals surface area (Å²) in [5.74, 6) is 0. The average molecular weight is 483 g/mol. The normalized spacial score (nSPS) is 15.1. The molecule has 0 aromatic carbocycles. The molecule has 0 saturated heterocycles. The van der Waals surface area contributed by atoms with E-state index in [9.17, 15) is 9.46 Å². The molecule has 2 unspecified atom stereocenters. The molecule has 0 aliphatic carbocycles. The molecule has 0 bridgehead atoms. The van der Waals surface area contributed by atoms with Crippen LogP contribution in [0.3, 0.4) is 0 Å². The molecule has 1 N–H and O–H groups in total. The maximum Gasteiger partial charge on any atom is 0.472 e. The molecule has 8 heteroatoms. The molecule has 0 aromatic rings. The highest BCUT2D eigenvalue weighted by atomic mass is 31.2. The van der Waals surface area contributed by atoms with Crippen molar-refractivity contribution in [2.24, 2.45) is 0 Å². The maximum atomic E-state index is 12.2. The molecule has 0 aromatic heterocycles. The first kappa shape index (κ1) is 32.0. The molecule has 0 fully saturated rings. The zero-order valence-corrected chi connectivity index (χ0v) is 22.6. The Labute approximate surface area is 198 Å². The second-order valence-electron chi connectivity index (χ2n) is 9.71. The summed E-state index contributed by atoms with van der Waals surface area (Å²) in [5.41, 5.74) is 0. The molecule has 194 valence electrons. The molecule has 2 atom stereocenters. The molecule has 0 saturated carbocycles. The molecule has 32 heavy (non-hydrogen) atoms. The van der Waals surface area contributed by atoms with Gasteiger partial charge in [0.2, 0.25) is 0 Å². The third-order valence-corrected chi connectivity index (χ3v) is 6.22. The highest BCUT2D eigenvalue weighted by Gasteiger charge is 2.25. The Morgan fingerprint density at radius 1 is 0.719 bits per heavy atom. The van der Waals surface area contributed by atoms with Crippen LogP contribution in [0.4, 0.5) is 0 Å². The monoisotopic (exact) mass is 482 g/mol. The van der Waals surface area contributed by atoms with Gasteiger partial charge in [-0.15, -0.1) is 0 Å². The summed E-state index contributed by atoms with van der Waals surface area (Å²) in [6.07, 6.45) is 14.0. The quantitative estimate of drug-likeness (QED) is 0.104. The van der Waals surface area contributed by atoms with Crippen LogP contribution in [0, 0.1) is 0 Å². The molecular formula is C24H53NO6P+. The van der Waals surface area contributed by atoms with Crippen LogP contribution in [0.2, 0.25) is 0 Å². The number of ether oxygens (including phenoxy) is 2. The molecule has 0 heterocycles. The Morgan fingerprint density at radius 2 is 1.25 bits per heavy atom. The number of rotatable bonds is 24. The third kappa shape index (κ3) is 23.2. The predicted octanol–water partition coefficient (Wildman–Crippen LogP) is 5.95. The van der Waals surface area contributed by atoms with Crippen molar-refractivity contribution in [3.05, 3.63) is 0 Å². The second-order valence-corrected chi connectivity index (χ2v) is 11.2. The standard InChI is InChI=1S/C24H52NO6P/c1-6-8-10-12-14-16-19-28-22-24(29-20-17-15-13-11-9-7-2)23-31-32(26,27)30-21-18-25(3,4)5/h24H,6-23H2,1-5H3/p+1. The zero-order valence-electron chi connectivity index (χ0n) is 21.7. The van der Waals surface area contributed by atoms with E-state index in [1.807, 2.05) is 21.1 Å². The minimum Gasteiger partial charge on any atom is -0.379 e. The van der Waals surface area contributed by atoms with Crippen molar-refractivity contribution in [3.63, 3.8) is 0 Å². The van der Waals surface area contributed by atoms with Crippen molar-refractivity contribution in [2.75, 3.05) is 60.7 Å². The SMILES string of the molecule is CCCCCCCCOCC(COP(=O)(O)OCC[N+](C)(C)C)OCCCCCCCC. The van der Waals surface area contributed by atoms with Crippen molar-refractivity contribution in [1.29, 1.82) is 0 Å². The summed E-state index contributed by atoms with van der Waals surface area (Å²) in [6, 6.07) is 0. The van der Waals surface area contributed by atoms with Crippen LogP contribution in [-0.4, -0.2) is 76.2 Å². The molecule has 0 spiro atoms. The van der Waals surface area contributed by atoms with Gasteiger partial charge in [0.15, 0.2) is 0 Å². The first-order valence-electron chi connectivity index (χ1n) is 12.8. The van der Waals surface area contributed by atoms with E-state index in [1.165, 1.54) is 57.8 Å². The van der Waals surface area contributed by atoms with Gasteiger partial charge < -0.3 is 18.9 Å². The molecular weight excluding hydrogens is 429 g/mol. The fourth-order valence-corrected chi connectivity index (χ4v) is 3.86. The number of hydrogen-bond donors (Lipinski definition) is 1. The molecule has 0 aliphatic rings. The van der Waals surface area contributed by atoms with Crippen LogP contribution in [0.5, 0.6) is 0 Å². The van der Waals surface area contributed by atoms with E-state index >= 15 is 0 Å². The van der Waals surface area contributed by atoms with Gasteiger partial charge in [0, 0.05) is 13.2 Å². The lowest BCUT2D eigenvalue weighted by Crippen LogP contribution is -2.37. The minimum atomic E-state index is -4.10. The van der Waals surface area contributed by atoms with Crippen LogP contribution in [0.15, 0.2) is 0 Å². The number of phosphoric ester groups is 1. The van der Waals surface area contributed by atoms with Crippen LogP contribution < -0.4 is 0 Å². The van der Waals surface area contributed by atoms with Gasteiger partial charge in [0.05, 0.1) is 34.4 Å². The van der Waals surface area contributed by atoms with Gasteiger partial charge in [0.1, 0.15) is 19.3 Å². The van der Waals surface area contributed by atoms with Gasteiger partial charge in [-0.05, 0) is 12.8 Å². The van der Waals surface area contributed by atoms with E-state index in [0.29, 0.717) is 30.8 Å². The van der Waals surface area contributed by atoms with Gasteiger partial charge in [-0.3, -0.25) is 9.05 Å². The lowest BCUT2D eigenvalue weighted by atomic mass is 10.1. The first-order chi connectivity index (χ1) is 15.2. The summed E-state index contributed by atoms with van der Waals surface area (Å²) in [7, 11) is 1.90. The molecule has 0 aliphatic heterocycles. The first-order valence-corrected chi connectivity index (χ1v) is 14.3. The number of nitrogens with zero attached hydrogens (tertiary/aromatic N) is 1. The van der Waals surface area contributed by atoms with Crippen molar-refractivity contribution in [1.82, 2.24) is 0 Å². The fourth-order valence-electron chi connectivity index (χ4n) is 3.12. The van der Waals surface area contributed by atoms with Crippen molar-refractivity contribution in [2.45, 2.75) is 97.0 Å². The highest BCUT2D eigenvalue weighted by Crippen LogP contribution is 2.43. The van der Waals surface area contributed by atoms with Crippen molar-refractivity contribution >= 4 is 7.82 Å². The third-order valence-electron chi connectivity index (χ3n) is 5.24. The summed E-state index contributed by atoms with van der Waals surface area (Å²) in [4.78, 5) is 9.97. The Morgan fingerprint density at radius 3 is 1.81 bits per heavy atom. The zero-order chi connectivity index (χ0) is 24.1. The number of hydrogen-bond acceptors (Lipinski definition) is 5. The molecule has 7 nitrogen and oxygen atoms in total. The predicted molar refractivity (Wildman–Crippen MR) is 132 cm³/mol. The van der Waals surface area contributed by atoms with E-state index in [-0.39, 0.29) is 19.3 Å². The van der Waals surface area contributed by atoms with Crippen LogP contribution in [-0.2, 0) is 23.1 Å². The van der Waals surface area contributed by atoms with Gasteiger partial charge in [-0.1, -0.05) is 78.1 Å². The Bertz CT molecular complexity index is 458. The van der Waals surface area contributed by atoms with Gasteiger partial charge in [-0.25, -0.2) is 4.57 Å². The Balaban J connectivity index is 4.25. The number of phosphoric acid groups is 1. The Kier molecular flexibility index (Phi) is 20.4. The average Bonchev–Trinajstić information content (AvgIpc) is 2.71. The van der Waals surface area contributed by atoms with Crippen molar-refractivity contribution < 1.29 is 32.5 Å². The molecule has 0 amide bonds. The van der Waals surface area contributed by atoms with E-state index < -0.39 is 7.82 Å². The Hall–Kier alpha value is -0.0100. The molecule has 0 radical (unpaired) electrons. The number of unbranched alkanes of at least 4 members (excludes halogenated alkanes) is 10. The van der Waals surface area contributed by atoms with Gasteiger partial charge in [-0.2, -0.15) is 0 Å². The van der Waals surface area contributed by atoms with Crippen LogP contribution in [0.25, 0.3) is 0 Å². The smallest absolute Gasteiger partial charge is 0.379 e. The minimum absolute atomic E-state index is 0.00944. The summed E-state index contributed by atoms with van der Waals surface area (Å²) >= 11 is 0. The van der Waals surface area contributed by atoms with Crippen LogP contribution >= 0.6 is 7.82 Å². The maximum absolute atomic E-state index is 12.2. The largest absolute Gasteiger partial charge is 0.472 e. The van der Waals surface area contributed by atoms with E-state index in [0.717, 1.165) is 19.3 Å².